The zero-order chi connectivity index (χ0) is 23.0. The van der Waals surface area contributed by atoms with Crippen LogP contribution in [0, 0.1) is 39.7 Å². The molecule has 0 saturated carbocycles. The summed E-state index contributed by atoms with van der Waals surface area (Å²) in [5, 5.41) is 21.7. The van der Waals surface area contributed by atoms with Gasteiger partial charge < -0.3 is 4.42 Å². The Morgan fingerprint density at radius 3 is 2.78 bits per heavy atom. The van der Waals surface area contributed by atoms with Gasteiger partial charge in [-0.15, -0.1) is 11.3 Å². The average Bonchev–Trinajstić information content (AvgIpc) is 3.35. The summed E-state index contributed by atoms with van der Waals surface area (Å²) in [7, 11) is 0. The number of fused-ring (bicyclic) bond motifs is 1. The molecule has 0 amide bonds. The Hall–Kier alpha value is -3.24. The number of thiophene rings is 1. The van der Waals surface area contributed by atoms with Gasteiger partial charge in [-0.25, -0.2) is 4.99 Å². The van der Waals surface area contributed by atoms with E-state index >= 15 is 0 Å². The Labute approximate surface area is 191 Å². The van der Waals surface area contributed by atoms with Crippen molar-refractivity contribution in [1.82, 2.24) is 0 Å². The molecule has 32 heavy (non-hydrogen) atoms. The maximum Gasteiger partial charge on any atom is 0.273 e. The second-order valence-corrected chi connectivity index (χ2v) is 10.4. The van der Waals surface area contributed by atoms with Crippen molar-refractivity contribution in [2.75, 3.05) is 0 Å². The van der Waals surface area contributed by atoms with Crippen LogP contribution in [0.4, 0.5) is 10.7 Å². The second-order valence-electron chi connectivity index (χ2n) is 9.27. The van der Waals surface area contributed by atoms with Gasteiger partial charge in [0.1, 0.15) is 22.6 Å². The van der Waals surface area contributed by atoms with Crippen LogP contribution in [0.5, 0.6) is 0 Å². The van der Waals surface area contributed by atoms with E-state index in [0.717, 1.165) is 29.8 Å². The first-order chi connectivity index (χ1) is 15.2. The van der Waals surface area contributed by atoms with Gasteiger partial charge in [-0.3, -0.25) is 10.1 Å². The molecule has 0 aliphatic heterocycles. The van der Waals surface area contributed by atoms with E-state index in [-0.39, 0.29) is 11.1 Å². The van der Waals surface area contributed by atoms with Crippen LogP contribution in [0.25, 0.3) is 11.3 Å². The molecule has 6 nitrogen and oxygen atoms in total. The van der Waals surface area contributed by atoms with Crippen molar-refractivity contribution in [3.8, 4) is 17.4 Å². The van der Waals surface area contributed by atoms with Gasteiger partial charge in [0.25, 0.3) is 5.69 Å². The molecule has 0 spiro atoms. The Balaban J connectivity index is 1.60. The van der Waals surface area contributed by atoms with E-state index in [0.29, 0.717) is 34.1 Å². The number of nitro groups is 1. The van der Waals surface area contributed by atoms with Gasteiger partial charge in [0.2, 0.25) is 0 Å². The first-order valence-electron chi connectivity index (χ1n) is 10.6. The van der Waals surface area contributed by atoms with Gasteiger partial charge >= 0.3 is 0 Å². The Morgan fingerprint density at radius 1 is 1.31 bits per heavy atom. The van der Waals surface area contributed by atoms with Crippen LogP contribution >= 0.6 is 11.3 Å². The third-order valence-corrected chi connectivity index (χ3v) is 7.45. The quantitative estimate of drug-likeness (QED) is 0.244. The summed E-state index contributed by atoms with van der Waals surface area (Å²) < 4.78 is 5.89. The number of furan rings is 1. The smallest absolute Gasteiger partial charge is 0.273 e. The fraction of sp³-hybridized carbons (Fsp3) is 0.360. The van der Waals surface area contributed by atoms with Crippen molar-refractivity contribution < 1.29 is 9.34 Å². The molecule has 0 unspecified atom stereocenters. The lowest BCUT2D eigenvalue weighted by Crippen LogP contribution is -2.26. The molecule has 7 heteroatoms. The number of benzene rings is 1. The lowest BCUT2D eigenvalue weighted by molar-refractivity contribution is -0.385. The molecule has 0 saturated heterocycles. The van der Waals surface area contributed by atoms with Crippen LogP contribution in [0.15, 0.2) is 39.7 Å². The molecular weight excluding hydrogens is 422 g/mol. The lowest BCUT2D eigenvalue weighted by atomic mass is 9.72. The van der Waals surface area contributed by atoms with Crippen molar-refractivity contribution in [2.45, 2.75) is 47.0 Å². The monoisotopic (exact) mass is 447 g/mol. The van der Waals surface area contributed by atoms with Crippen LogP contribution < -0.4 is 0 Å². The SMILES string of the molecule is Cc1c(-c2ccc(C=Nc3sc4c(c3C#N)CC[C@H](C(C)(C)C)C4)o2)cccc1[N+](=O)[O-]. The summed E-state index contributed by atoms with van der Waals surface area (Å²) in [5.74, 6) is 1.68. The van der Waals surface area contributed by atoms with Gasteiger partial charge in [-0.05, 0) is 55.2 Å². The van der Waals surface area contributed by atoms with Crippen molar-refractivity contribution in [1.29, 1.82) is 5.26 Å². The number of hydrogen-bond donors (Lipinski definition) is 0. The zero-order valence-corrected chi connectivity index (χ0v) is 19.5. The number of rotatable bonds is 4. The average molecular weight is 448 g/mol. The number of hydrogen-bond acceptors (Lipinski definition) is 6. The summed E-state index contributed by atoms with van der Waals surface area (Å²) in [4.78, 5) is 16.7. The van der Waals surface area contributed by atoms with Crippen LogP contribution in [0.2, 0.25) is 0 Å². The van der Waals surface area contributed by atoms with Gasteiger partial charge in [0.05, 0.1) is 16.7 Å². The molecule has 0 fully saturated rings. The molecule has 3 aromatic rings. The number of aliphatic imine (C=N–C) groups is 1. The predicted octanol–water partition coefficient (Wildman–Crippen LogP) is 7.00. The van der Waals surface area contributed by atoms with E-state index in [1.807, 2.05) is 0 Å². The standard InChI is InChI=1S/C25H25N3O3S/c1-15-18(6-5-7-21(15)28(29)30)22-11-9-17(31-22)14-27-24-20(13-26)19-10-8-16(25(2,3)4)12-23(19)32-24/h5-7,9,11,14,16H,8,10,12H2,1-4H3/t16-/m0/s1. The summed E-state index contributed by atoms with van der Waals surface area (Å²) >= 11 is 1.60. The maximum absolute atomic E-state index is 11.2. The maximum atomic E-state index is 11.2. The Kier molecular flexibility index (Phi) is 5.74. The Bertz CT molecular complexity index is 1250. The Morgan fingerprint density at radius 2 is 2.09 bits per heavy atom. The van der Waals surface area contributed by atoms with Crippen molar-refractivity contribution in [3.05, 3.63) is 67.8 Å². The highest BCUT2D eigenvalue weighted by atomic mass is 32.1. The molecule has 1 aliphatic carbocycles. The predicted molar refractivity (Wildman–Crippen MR) is 127 cm³/mol. The fourth-order valence-electron chi connectivity index (χ4n) is 4.29. The van der Waals surface area contributed by atoms with Crippen molar-refractivity contribution in [3.63, 3.8) is 0 Å². The number of nitro benzene ring substituents is 1. The van der Waals surface area contributed by atoms with Gasteiger partial charge in [-0.1, -0.05) is 32.9 Å². The molecule has 0 bridgehead atoms. The number of nitriles is 1. The first kappa shape index (κ1) is 22.0. The van der Waals surface area contributed by atoms with E-state index < -0.39 is 4.92 Å². The minimum absolute atomic E-state index is 0.0607. The van der Waals surface area contributed by atoms with Crippen molar-refractivity contribution >= 4 is 28.2 Å². The summed E-state index contributed by atoms with van der Waals surface area (Å²) in [5.41, 5.74) is 3.36. The highest BCUT2D eigenvalue weighted by Crippen LogP contribution is 2.45. The fourth-order valence-corrected chi connectivity index (χ4v) is 5.52. The molecule has 1 aliphatic rings. The van der Waals surface area contributed by atoms with E-state index in [2.05, 4.69) is 31.8 Å². The topological polar surface area (TPSA) is 92.4 Å². The molecule has 164 valence electrons. The molecule has 0 radical (unpaired) electrons. The lowest BCUT2D eigenvalue weighted by Gasteiger charge is -2.33. The van der Waals surface area contributed by atoms with E-state index in [4.69, 9.17) is 4.42 Å². The normalized spacial score (nSPS) is 16.2. The van der Waals surface area contributed by atoms with E-state index in [9.17, 15) is 15.4 Å². The second kappa shape index (κ2) is 8.36. The minimum atomic E-state index is -0.393. The first-order valence-corrected chi connectivity index (χ1v) is 11.4. The molecule has 2 heterocycles. The molecule has 1 aromatic carbocycles. The zero-order valence-electron chi connectivity index (χ0n) is 18.6. The molecule has 4 rings (SSSR count). The molecule has 2 aromatic heterocycles. The summed E-state index contributed by atoms with van der Waals surface area (Å²) in [6, 6.07) is 10.9. The number of nitrogens with zero attached hydrogens (tertiary/aromatic N) is 3. The molecule has 0 N–H and O–H groups in total. The molecular formula is C25H25N3O3S. The summed E-state index contributed by atoms with van der Waals surface area (Å²) in [6.07, 6.45) is 4.62. The van der Waals surface area contributed by atoms with E-state index in [1.165, 1.54) is 10.9 Å². The van der Waals surface area contributed by atoms with Gasteiger partial charge in [0, 0.05) is 22.1 Å². The third kappa shape index (κ3) is 4.11. The largest absolute Gasteiger partial charge is 0.455 e. The minimum Gasteiger partial charge on any atom is -0.455 e. The highest BCUT2D eigenvalue weighted by Gasteiger charge is 2.32. The highest BCUT2D eigenvalue weighted by molar-refractivity contribution is 7.16. The van der Waals surface area contributed by atoms with Crippen LogP contribution in [0.1, 0.15) is 54.5 Å². The summed E-state index contributed by atoms with van der Waals surface area (Å²) in [6.45, 7) is 8.54. The van der Waals surface area contributed by atoms with Crippen LogP contribution in [0.3, 0.4) is 0 Å². The van der Waals surface area contributed by atoms with Crippen LogP contribution in [-0.4, -0.2) is 11.1 Å². The van der Waals surface area contributed by atoms with Gasteiger partial charge in [-0.2, -0.15) is 5.26 Å². The van der Waals surface area contributed by atoms with Gasteiger partial charge in [0.15, 0.2) is 0 Å². The van der Waals surface area contributed by atoms with Crippen LogP contribution in [-0.2, 0) is 12.8 Å². The molecule has 1 atom stereocenters. The van der Waals surface area contributed by atoms with E-state index in [1.54, 1.807) is 48.7 Å². The van der Waals surface area contributed by atoms with Crippen molar-refractivity contribution in [2.24, 2.45) is 16.3 Å². The third-order valence-electron chi connectivity index (χ3n) is 6.29.